The highest BCUT2D eigenvalue weighted by atomic mass is 19.4. The number of nitrogens with zero attached hydrogens (tertiary/aromatic N) is 2. The van der Waals surface area contributed by atoms with Gasteiger partial charge in [-0.2, -0.15) is 18.2 Å². The SMILES string of the molecule is CC(C)(NCc1nc(-c2ccco2)no1)c1cccc(C(F)(F)F)c1. The summed E-state index contributed by atoms with van der Waals surface area (Å²) >= 11 is 0. The summed E-state index contributed by atoms with van der Waals surface area (Å²) in [4.78, 5) is 4.19. The van der Waals surface area contributed by atoms with E-state index in [1.807, 2.05) is 0 Å². The van der Waals surface area contributed by atoms with E-state index < -0.39 is 17.3 Å². The van der Waals surface area contributed by atoms with E-state index in [-0.39, 0.29) is 6.54 Å². The van der Waals surface area contributed by atoms with Gasteiger partial charge in [0.1, 0.15) is 0 Å². The Labute approximate surface area is 141 Å². The van der Waals surface area contributed by atoms with Crippen molar-refractivity contribution < 1.29 is 22.1 Å². The largest absolute Gasteiger partial charge is 0.461 e. The van der Waals surface area contributed by atoms with Gasteiger partial charge in [-0.25, -0.2) is 0 Å². The Hall–Kier alpha value is -2.61. The van der Waals surface area contributed by atoms with E-state index in [9.17, 15) is 13.2 Å². The summed E-state index contributed by atoms with van der Waals surface area (Å²) in [6, 6.07) is 8.63. The molecule has 1 N–H and O–H groups in total. The van der Waals surface area contributed by atoms with Crippen LogP contribution in [-0.4, -0.2) is 10.1 Å². The Morgan fingerprint density at radius 2 is 1.84 bits per heavy atom. The molecular formula is C17H16F3N3O2. The van der Waals surface area contributed by atoms with E-state index >= 15 is 0 Å². The van der Waals surface area contributed by atoms with Crippen LogP contribution in [0.4, 0.5) is 13.2 Å². The molecule has 0 saturated carbocycles. The van der Waals surface area contributed by atoms with Gasteiger partial charge in [-0.05, 0) is 43.7 Å². The van der Waals surface area contributed by atoms with Crippen molar-refractivity contribution in [3.63, 3.8) is 0 Å². The summed E-state index contributed by atoms with van der Waals surface area (Å²) in [7, 11) is 0. The highest BCUT2D eigenvalue weighted by molar-refractivity contribution is 5.44. The van der Waals surface area contributed by atoms with Crippen LogP contribution in [0.25, 0.3) is 11.6 Å². The van der Waals surface area contributed by atoms with Crippen LogP contribution in [-0.2, 0) is 18.3 Å². The molecule has 0 spiro atoms. The predicted octanol–water partition coefficient (Wildman–Crippen LogP) is 4.37. The molecule has 3 rings (SSSR count). The van der Waals surface area contributed by atoms with Crippen LogP contribution in [0.3, 0.4) is 0 Å². The summed E-state index contributed by atoms with van der Waals surface area (Å²) < 4.78 is 49.0. The number of nitrogens with one attached hydrogen (secondary N) is 1. The third kappa shape index (κ3) is 3.90. The average molecular weight is 351 g/mol. The fourth-order valence-corrected chi connectivity index (χ4v) is 2.32. The minimum atomic E-state index is -4.38. The second-order valence-electron chi connectivity index (χ2n) is 6.05. The molecule has 0 aliphatic carbocycles. The lowest BCUT2D eigenvalue weighted by Gasteiger charge is -2.27. The number of benzene rings is 1. The van der Waals surface area contributed by atoms with Gasteiger partial charge in [0.05, 0.1) is 18.4 Å². The molecule has 0 bridgehead atoms. The van der Waals surface area contributed by atoms with Gasteiger partial charge in [0.25, 0.3) is 0 Å². The maximum atomic E-state index is 12.9. The molecule has 0 atom stereocenters. The van der Waals surface area contributed by atoms with Crippen molar-refractivity contribution in [1.82, 2.24) is 15.5 Å². The summed E-state index contributed by atoms with van der Waals surface area (Å²) in [5, 5.41) is 6.94. The lowest BCUT2D eigenvalue weighted by atomic mass is 9.92. The van der Waals surface area contributed by atoms with Gasteiger partial charge < -0.3 is 8.94 Å². The van der Waals surface area contributed by atoms with Gasteiger partial charge in [-0.3, -0.25) is 5.32 Å². The number of furan rings is 1. The molecule has 0 radical (unpaired) electrons. The molecule has 0 aliphatic heterocycles. The zero-order chi connectivity index (χ0) is 18.1. The van der Waals surface area contributed by atoms with Crippen LogP contribution in [0.2, 0.25) is 0 Å². The second-order valence-corrected chi connectivity index (χ2v) is 6.05. The third-order valence-corrected chi connectivity index (χ3v) is 3.80. The van der Waals surface area contributed by atoms with Crippen LogP contribution in [0, 0.1) is 0 Å². The fraction of sp³-hybridized carbons (Fsp3) is 0.294. The van der Waals surface area contributed by atoms with E-state index in [1.165, 1.54) is 12.3 Å². The Morgan fingerprint density at radius 3 is 2.52 bits per heavy atom. The van der Waals surface area contributed by atoms with Crippen molar-refractivity contribution >= 4 is 0 Å². The fourth-order valence-electron chi connectivity index (χ4n) is 2.32. The molecule has 0 unspecified atom stereocenters. The zero-order valence-electron chi connectivity index (χ0n) is 13.6. The van der Waals surface area contributed by atoms with Crippen molar-refractivity contribution in [2.24, 2.45) is 0 Å². The van der Waals surface area contributed by atoms with Gasteiger partial charge in [-0.1, -0.05) is 17.3 Å². The molecule has 2 aromatic heterocycles. The number of rotatable bonds is 5. The standard InChI is InChI=1S/C17H16F3N3O2/c1-16(2,11-5-3-6-12(9-11)17(18,19)20)21-10-14-22-15(23-25-14)13-7-4-8-24-13/h3-9,21H,10H2,1-2H3. The van der Waals surface area contributed by atoms with Crippen molar-refractivity contribution in [1.29, 1.82) is 0 Å². The van der Waals surface area contributed by atoms with Gasteiger partial charge in [0.2, 0.25) is 11.7 Å². The lowest BCUT2D eigenvalue weighted by molar-refractivity contribution is -0.137. The number of alkyl halides is 3. The molecule has 2 heterocycles. The van der Waals surface area contributed by atoms with Gasteiger partial charge in [0.15, 0.2) is 5.76 Å². The highest BCUT2D eigenvalue weighted by Gasteiger charge is 2.32. The molecule has 5 nitrogen and oxygen atoms in total. The minimum Gasteiger partial charge on any atom is -0.461 e. The Kier molecular flexibility index (Phi) is 4.38. The van der Waals surface area contributed by atoms with Crippen molar-refractivity contribution in [3.8, 4) is 11.6 Å². The molecule has 25 heavy (non-hydrogen) atoms. The Bertz CT molecular complexity index is 839. The smallest absolute Gasteiger partial charge is 0.416 e. The first-order valence-electron chi connectivity index (χ1n) is 7.55. The molecule has 132 valence electrons. The molecule has 1 aromatic carbocycles. The maximum absolute atomic E-state index is 12.9. The first-order chi connectivity index (χ1) is 11.8. The number of halogens is 3. The average Bonchev–Trinajstić information content (AvgIpc) is 3.23. The molecule has 0 saturated heterocycles. The number of hydrogen-bond acceptors (Lipinski definition) is 5. The van der Waals surface area contributed by atoms with E-state index in [1.54, 1.807) is 32.0 Å². The number of hydrogen-bond donors (Lipinski definition) is 1. The summed E-state index contributed by atoms with van der Waals surface area (Å²) in [6.45, 7) is 3.77. The second kappa shape index (κ2) is 6.36. The van der Waals surface area contributed by atoms with Gasteiger partial charge in [-0.15, -0.1) is 0 Å². The number of aromatic nitrogens is 2. The summed E-state index contributed by atoms with van der Waals surface area (Å²) in [5.74, 6) is 1.11. The first-order valence-corrected chi connectivity index (χ1v) is 7.55. The monoisotopic (exact) mass is 351 g/mol. The quantitative estimate of drug-likeness (QED) is 0.739. The zero-order valence-corrected chi connectivity index (χ0v) is 13.6. The van der Waals surface area contributed by atoms with E-state index in [2.05, 4.69) is 15.5 Å². The molecule has 0 fully saturated rings. The maximum Gasteiger partial charge on any atom is 0.416 e. The van der Waals surface area contributed by atoms with E-state index in [0.29, 0.717) is 23.0 Å². The summed E-state index contributed by atoms with van der Waals surface area (Å²) in [6.07, 6.45) is -2.88. The van der Waals surface area contributed by atoms with Crippen LogP contribution in [0.1, 0.15) is 30.9 Å². The van der Waals surface area contributed by atoms with Crippen LogP contribution >= 0.6 is 0 Å². The van der Waals surface area contributed by atoms with Crippen LogP contribution in [0.5, 0.6) is 0 Å². The molecule has 0 aliphatic rings. The minimum absolute atomic E-state index is 0.205. The van der Waals surface area contributed by atoms with Gasteiger partial charge in [0, 0.05) is 5.54 Å². The lowest BCUT2D eigenvalue weighted by Crippen LogP contribution is -2.36. The topological polar surface area (TPSA) is 64.1 Å². The van der Waals surface area contributed by atoms with E-state index in [4.69, 9.17) is 8.94 Å². The Balaban J connectivity index is 1.72. The third-order valence-electron chi connectivity index (χ3n) is 3.80. The molecule has 3 aromatic rings. The predicted molar refractivity (Wildman–Crippen MR) is 83.3 cm³/mol. The van der Waals surface area contributed by atoms with Crippen LogP contribution < -0.4 is 5.32 Å². The van der Waals surface area contributed by atoms with Gasteiger partial charge >= 0.3 is 6.18 Å². The molecule has 0 amide bonds. The van der Waals surface area contributed by atoms with Crippen LogP contribution in [0.15, 0.2) is 51.6 Å². The first kappa shape index (κ1) is 17.2. The summed E-state index contributed by atoms with van der Waals surface area (Å²) in [5.41, 5.74) is -0.897. The molecular weight excluding hydrogens is 335 g/mol. The van der Waals surface area contributed by atoms with Crippen molar-refractivity contribution in [2.75, 3.05) is 0 Å². The normalized spacial score (nSPS) is 12.5. The van der Waals surface area contributed by atoms with Crippen molar-refractivity contribution in [2.45, 2.75) is 32.1 Å². The van der Waals surface area contributed by atoms with Crippen molar-refractivity contribution in [3.05, 3.63) is 59.7 Å². The van der Waals surface area contributed by atoms with E-state index in [0.717, 1.165) is 12.1 Å². The Morgan fingerprint density at radius 1 is 1.08 bits per heavy atom. The molecule has 8 heteroatoms. The highest BCUT2D eigenvalue weighted by Crippen LogP contribution is 2.32.